The van der Waals surface area contributed by atoms with Crippen LogP contribution < -0.4 is 22.7 Å². The number of aliphatic carboxylic acids is 1. The number of ether oxygens (including phenoxy) is 1. The van der Waals surface area contributed by atoms with E-state index in [0.717, 1.165) is 66.8 Å². The predicted octanol–water partition coefficient (Wildman–Crippen LogP) is 23.6. The lowest BCUT2D eigenvalue weighted by atomic mass is 10.0. The molecular weight excluding hydrogens is 2190 g/mol. The predicted molar refractivity (Wildman–Crippen MR) is 539 cm³/mol. The fourth-order valence-electron chi connectivity index (χ4n) is 8.73. The van der Waals surface area contributed by atoms with Crippen molar-refractivity contribution in [1.29, 1.82) is 0 Å². The highest BCUT2D eigenvalue weighted by Gasteiger charge is 2.19. The number of amides is 1. The molecule has 1 amide bonds. The molecule has 13 rings (SSSR count). The van der Waals surface area contributed by atoms with Gasteiger partial charge in [-0.3, -0.25) is 70.3 Å². The molecule has 128 heavy (non-hydrogen) atoms. The summed E-state index contributed by atoms with van der Waals surface area (Å²) in [6, 6.07) is 69.5. The van der Waals surface area contributed by atoms with Crippen molar-refractivity contribution in [3.63, 3.8) is 0 Å². The number of thioether (sulfide) groups is 5. The third-order valence-electron chi connectivity index (χ3n) is 14.5. The Labute approximate surface area is 835 Å². The number of carbonyl (C=O) groups is 5. The van der Waals surface area contributed by atoms with E-state index in [1.807, 2.05) is 128 Å². The lowest BCUT2D eigenvalue weighted by Gasteiger charge is -2.12. The van der Waals surface area contributed by atoms with Crippen LogP contribution in [-0.2, 0) is 49.1 Å². The van der Waals surface area contributed by atoms with Gasteiger partial charge in [0.1, 0.15) is 0 Å². The molecule has 11 N–H and O–H groups in total. The number of halogens is 13. The highest BCUT2D eigenvalue weighted by Crippen LogP contribution is 2.61. The van der Waals surface area contributed by atoms with Crippen LogP contribution in [0, 0.1) is 0 Å². The number of hydrazone groups is 1. The first-order valence-corrected chi connectivity index (χ1v) is 60.1. The number of rotatable bonds is 16. The molecule has 50 heteroatoms. The minimum atomic E-state index is -3.22. The molecule has 28 nitrogen and oxygen atoms in total. The van der Waals surface area contributed by atoms with E-state index >= 15 is 0 Å². The molecule has 0 aliphatic carbocycles. The number of aromatic amines is 1. The number of alkyl halides is 2. The molecule has 692 valence electrons. The summed E-state index contributed by atoms with van der Waals surface area (Å²) in [5.74, 6) is 6.14. The average molecular weight is 2280 g/mol. The molecule has 0 saturated carbocycles. The maximum absolute atomic E-state index is 11.5. The fraction of sp³-hybridized carbons (Fsp3) is 0.179. The minimum absolute atomic E-state index is 0.000478. The third kappa shape index (κ3) is 59.3. The highest BCUT2D eigenvalue weighted by atomic mass is 80.9. The molecule has 1 saturated heterocycles. The van der Waals surface area contributed by atoms with Crippen LogP contribution in [0.2, 0.25) is 15.5 Å². The number of nitrogens with two attached hydrogens (primary N) is 2. The van der Waals surface area contributed by atoms with Gasteiger partial charge in [0.25, 0.3) is 5.56 Å². The Morgan fingerprint density at radius 3 is 1.09 bits per heavy atom. The zero-order valence-corrected chi connectivity index (χ0v) is 87.3. The first kappa shape index (κ1) is 125. The summed E-state index contributed by atoms with van der Waals surface area (Å²) in [6.45, 7) is 0. The topological polar surface area (TPSA) is 464 Å². The van der Waals surface area contributed by atoms with E-state index in [2.05, 4.69) is 179 Å². The van der Waals surface area contributed by atoms with Crippen molar-refractivity contribution >= 4 is 281 Å². The third-order valence-corrected chi connectivity index (χ3v) is 20.8. The van der Waals surface area contributed by atoms with Gasteiger partial charge in [-0.25, -0.2) is 49.1 Å². The van der Waals surface area contributed by atoms with Crippen LogP contribution >= 0.6 is 214 Å². The van der Waals surface area contributed by atoms with Crippen LogP contribution in [0.3, 0.4) is 0 Å². The SMILES string of the molecule is BrBr.CS(=O)(=O)c1ccc(-c2ccc(Cl)nn2)cc1.CS(=O)c1ccc(-c2ccc(Cl)nn2)cc1.CSc1ccc(-c2ccc(=O)[nH]n2)cc1.CSc1ccc(-c2ccc(Cl)nn2)cc1.CSc1ccc(C(=O)CCC(=O)O)cc1.CSc1ccc(C2=NNC(=O)CC2)cc1.CSc1ccccc1.ClCCl.NN.O=C1CCC(=O)O1.O=P(Cl)(Cl)Cl.OO.OO.[Cl][Al]([Cl])[Cl]. The first-order chi connectivity index (χ1) is 61.0. The molecule has 0 spiro atoms. The van der Waals surface area contributed by atoms with E-state index < -0.39 is 55.1 Å². The second kappa shape index (κ2) is 75.0. The number of nitrogens with one attached hydrogen (secondary N) is 2. The summed E-state index contributed by atoms with van der Waals surface area (Å²) < 4.78 is 47.4. The van der Waals surface area contributed by atoms with E-state index in [9.17, 15) is 46.0 Å². The Balaban J connectivity index is 0. The van der Waals surface area contributed by atoms with Crippen molar-refractivity contribution in [3.8, 4) is 45.0 Å². The Morgan fingerprint density at radius 2 is 0.820 bits per heavy atom. The molecule has 1 atom stereocenters. The van der Waals surface area contributed by atoms with Crippen molar-refractivity contribution in [2.75, 3.05) is 49.1 Å². The van der Waals surface area contributed by atoms with Gasteiger partial charge in [-0.1, -0.05) is 126 Å². The van der Waals surface area contributed by atoms with Crippen molar-refractivity contribution < 1.29 is 72.0 Å². The Morgan fingerprint density at radius 1 is 0.500 bits per heavy atom. The summed E-state index contributed by atoms with van der Waals surface area (Å²) in [6.07, 6.45) is 14.7. The Bertz CT molecular complexity index is 5220. The quantitative estimate of drug-likeness (QED) is 0.00414. The highest BCUT2D eigenvalue weighted by molar-refractivity contribution is 9.93. The normalized spacial score (nSPS) is 11.1. The molecule has 7 aromatic carbocycles. The number of carboxylic acids is 1. The molecule has 1 fully saturated rings. The molecule has 11 aromatic rings. The largest absolute Gasteiger partial charge is 0.643 e. The summed E-state index contributed by atoms with van der Waals surface area (Å²) in [5.41, 5.74) is 11.7. The molecule has 0 bridgehead atoms. The molecule has 0 radical (unpaired) electrons. The van der Waals surface area contributed by atoms with E-state index in [4.69, 9.17) is 114 Å². The number of carbonyl (C=O) groups excluding carboxylic acids is 4. The number of esters is 2. The van der Waals surface area contributed by atoms with Gasteiger partial charge < -0.3 is 9.84 Å². The van der Waals surface area contributed by atoms with Crippen molar-refractivity contribution in [2.45, 2.75) is 72.8 Å². The van der Waals surface area contributed by atoms with Crippen LogP contribution in [0.15, 0.2) is 269 Å². The number of hydrazine groups is 1. The smallest absolute Gasteiger partial charge is 0.481 e. The number of cyclic esters (lactones) is 2. The Kier molecular flexibility index (Phi) is 73.0. The van der Waals surface area contributed by atoms with Crippen molar-refractivity contribution in [3.05, 3.63) is 261 Å². The Hall–Kier alpha value is -5.40. The van der Waals surface area contributed by atoms with E-state index in [0.29, 0.717) is 33.1 Å². The van der Waals surface area contributed by atoms with Crippen LogP contribution in [0.4, 0.5) is 0 Å². The monoisotopic (exact) mass is 2270 g/mol. The minimum Gasteiger partial charge on any atom is -0.481 e. The van der Waals surface area contributed by atoms with Crippen molar-refractivity contribution in [1.82, 2.24) is 46.2 Å². The number of Topliss-reactive ketones (excluding diaryl/α,β-unsaturated/α-hetero) is 1. The molecule has 2 aliphatic heterocycles. The molecule has 1 unspecified atom stereocenters. The van der Waals surface area contributed by atoms with Crippen LogP contribution in [0.5, 0.6) is 0 Å². The molecule has 2 aliphatic rings. The number of hydrogen-bond acceptors (Lipinski definition) is 30. The van der Waals surface area contributed by atoms with Crippen LogP contribution in [0.25, 0.3) is 45.0 Å². The maximum atomic E-state index is 11.5. The molecular formula is C78H83AlBr2Cl11N12O16PS7. The fourth-order valence-corrected chi connectivity index (χ4v) is 12.2. The number of benzene rings is 7. The maximum Gasteiger partial charge on any atom is 0.643 e. The number of carboxylic acid groups (broad SMARTS) is 1. The molecule has 6 heterocycles. The standard InChI is InChI=1S/C11H9ClN2O2S.C11H9ClN2OS.C11H9ClN2S.C11H12N2OS.C11H10N2OS.C11H12O3S.C7H8S.C4H4O3.CH2Cl2.Al.Br2.Cl3OP.3ClH.H4N2.2H2O2/c1-17(15,16)9-4-2-8(3-5-9)10-6-7-11(12)14-13-10;1-16(15)9-4-2-8(3-5-9)10-6-7-11(12)14-13-10;1-15-9-4-2-8(3-5-9)10-6-7-11(12)14-13-10;2*1-15-9-4-2-8(3-5-9)10-6-7-11(14)13-12-10;1-15-9-4-2-8(3-5-9)10(12)6-7-11(13)14;1-8-7-5-3-2-4-6-7;5-3-1-2-4(6)7-3;2-1-3;;1-2;1-5(2,3)4;;;;3*1-2/h2-7H,1H3;2-7H,1H3;2-7H,1H3;2-5H,6-7H2,1H3,(H,13,14);2-7H,1H3,(H,13,14);2-5H,6-7H2,1H3,(H,13,14);2-6H,1H3;1-2H2;1H2;;;;3*1H;1-2H2;2*1-2H/q;;;;;;;;;+3;;;;;;;;/p-3. The van der Waals surface area contributed by atoms with Gasteiger partial charge in [0, 0.05) is 134 Å². The van der Waals surface area contributed by atoms with Gasteiger partial charge in [0.05, 0.1) is 58.0 Å². The number of hydrogen-bond donors (Lipinski definition) is 9. The second-order valence-electron chi connectivity index (χ2n) is 22.7. The number of ketones is 1. The van der Waals surface area contributed by atoms with Gasteiger partial charge in [-0.2, -0.15) is 10.2 Å². The summed E-state index contributed by atoms with van der Waals surface area (Å²) in [7, 11) is 10.7. The summed E-state index contributed by atoms with van der Waals surface area (Å²) in [5, 5.41) is 64.1. The lowest BCUT2D eigenvalue weighted by molar-refractivity contribution is -0.176. The average Bonchev–Trinajstić information content (AvgIpc) is 0.965. The van der Waals surface area contributed by atoms with Gasteiger partial charge in [0.15, 0.2) is 31.1 Å². The summed E-state index contributed by atoms with van der Waals surface area (Å²) >= 11 is 52.6. The number of nitrogens with zero attached hydrogens (tertiary/aromatic N) is 8. The zero-order valence-electron chi connectivity index (χ0n) is 68.1. The van der Waals surface area contributed by atoms with Gasteiger partial charge in [-0.05, 0) is 198 Å². The van der Waals surface area contributed by atoms with Crippen molar-refractivity contribution in [2.24, 2.45) is 16.8 Å². The first-order valence-electron chi connectivity index (χ1n) is 34.9. The number of sulfone groups is 1. The lowest BCUT2D eigenvalue weighted by Crippen LogP contribution is -2.25. The van der Waals surface area contributed by atoms with Gasteiger partial charge in [-0.15, -0.1) is 113 Å². The van der Waals surface area contributed by atoms with Gasteiger partial charge in [0.2, 0.25) is 5.91 Å². The summed E-state index contributed by atoms with van der Waals surface area (Å²) in [4.78, 5) is 70.7. The zero-order chi connectivity index (χ0) is 97.2. The number of aromatic nitrogens is 8. The number of H-pyrrole nitrogens is 1. The second-order valence-corrected chi connectivity index (χ2v) is 45.6. The van der Waals surface area contributed by atoms with E-state index in [1.165, 1.54) is 31.9 Å². The van der Waals surface area contributed by atoms with Crippen LogP contribution in [0.1, 0.15) is 54.4 Å². The van der Waals surface area contributed by atoms with Gasteiger partial charge >= 0.3 is 34.5 Å². The van der Waals surface area contributed by atoms with E-state index in [1.54, 1.807) is 138 Å². The van der Waals surface area contributed by atoms with E-state index in [-0.39, 0.29) is 53.2 Å². The van der Waals surface area contributed by atoms with Crippen LogP contribution in [-0.4, -0.2) is 175 Å². The molecule has 4 aromatic heterocycles.